The Balaban J connectivity index is 1.37. The molecule has 0 saturated carbocycles. The van der Waals surface area contributed by atoms with Crippen LogP contribution in [-0.2, 0) is 44.3 Å². The number of benzene rings is 3. The molecule has 0 bridgehead atoms. The standard InChI is InChI=1S/C29H32O5/c1-4-22-10-12-23(13-11-22)20-32-26-16-14-24(15-17-26)21-33-27(30)18-19-28(31)34-29(2,3)25-8-6-5-7-9-25/h5-17H,4,18-21H2,1-3H3. The number of esters is 2. The third kappa shape index (κ3) is 7.77. The van der Waals surface area contributed by atoms with E-state index in [0.29, 0.717) is 6.61 Å². The molecule has 0 spiro atoms. The van der Waals surface area contributed by atoms with Crippen molar-refractivity contribution in [2.75, 3.05) is 0 Å². The van der Waals surface area contributed by atoms with Gasteiger partial charge in [0, 0.05) is 0 Å². The number of aryl methyl sites for hydroxylation is 1. The summed E-state index contributed by atoms with van der Waals surface area (Å²) in [5.41, 5.74) is 3.40. The summed E-state index contributed by atoms with van der Waals surface area (Å²) in [6.07, 6.45) is 0.965. The highest BCUT2D eigenvalue weighted by Gasteiger charge is 2.25. The Morgan fingerprint density at radius 1 is 0.706 bits per heavy atom. The molecule has 0 unspecified atom stereocenters. The van der Waals surface area contributed by atoms with Gasteiger partial charge in [-0.3, -0.25) is 9.59 Å². The Hall–Kier alpha value is -3.60. The number of hydrogen-bond donors (Lipinski definition) is 0. The second-order valence-electron chi connectivity index (χ2n) is 8.61. The third-order valence-electron chi connectivity index (χ3n) is 5.53. The van der Waals surface area contributed by atoms with Crippen molar-refractivity contribution in [3.63, 3.8) is 0 Å². The largest absolute Gasteiger partial charge is 0.489 e. The van der Waals surface area contributed by atoms with Crippen molar-refractivity contribution in [3.8, 4) is 5.75 Å². The fraction of sp³-hybridized carbons (Fsp3) is 0.310. The number of ether oxygens (including phenoxy) is 3. The van der Waals surface area contributed by atoms with Crippen molar-refractivity contribution in [3.05, 3.63) is 101 Å². The van der Waals surface area contributed by atoms with Crippen LogP contribution in [0.2, 0.25) is 0 Å². The Kier molecular flexibility index (Phi) is 8.86. The molecule has 5 heteroatoms. The first-order valence-electron chi connectivity index (χ1n) is 11.6. The lowest BCUT2D eigenvalue weighted by Gasteiger charge is -2.25. The third-order valence-corrected chi connectivity index (χ3v) is 5.53. The zero-order chi connectivity index (χ0) is 24.4. The van der Waals surface area contributed by atoms with Crippen molar-refractivity contribution in [2.45, 2.75) is 58.8 Å². The van der Waals surface area contributed by atoms with Crippen LogP contribution in [-0.4, -0.2) is 11.9 Å². The highest BCUT2D eigenvalue weighted by atomic mass is 16.6. The Labute approximate surface area is 201 Å². The topological polar surface area (TPSA) is 61.8 Å². The van der Waals surface area contributed by atoms with Crippen LogP contribution >= 0.6 is 0 Å². The van der Waals surface area contributed by atoms with Crippen LogP contribution < -0.4 is 4.74 Å². The monoisotopic (exact) mass is 460 g/mol. The summed E-state index contributed by atoms with van der Waals surface area (Å²) >= 11 is 0. The van der Waals surface area contributed by atoms with E-state index in [4.69, 9.17) is 14.2 Å². The molecule has 5 nitrogen and oxygen atoms in total. The Bertz CT molecular complexity index is 1050. The van der Waals surface area contributed by atoms with Gasteiger partial charge in [0.15, 0.2) is 0 Å². The van der Waals surface area contributed by atoms with Crippen LogP contribution in [0.1, 0.15) is 55.9 Å². The lowest BCUT2D eigenvalue weighted by molar-refractivity contribution is -0.160. The van der Waals surface area contributed by atoms with E-state index in [1.165, 1.54) is 5.56 Å². The quantitative estimate of drug-likeness (QED) is 0.322. The molecule has 0 aliphatic heterocycles. The van der Waals surface area contributed by atoms with Gasteiger partial charge in [0.25, 0.3) is 0 Å². The predicted octanol–water partition coefficient (Wildman–Crippen LogP) is 6.13. The highest BCUT2D eigenvalue weighted by molar-refractivity contribution is 5.78. The Morgan fingerprint density at radius 3 is 1.91 bits per heavy atom. The van der Waals surface area contributed by atoms with Gasteiger partial charge in [0.1, 0.15) is 24.6 Å². The molecule has 0 atom stereocenters. The van der Waals surface area contributed by atoms with Gasteiger partial charge < -0.3 is 14.2 Å². The van der Waals surface area contributed by atoms with E-state index in [1.807, 2.05) is 68.4 Å². The normalized spacial score (nSPS) is 11.0. The lowest BCUT2D eigenvalue weighted by Crippen LogP contribution is -2.25. The summed E-state index contributed by atoms with van der Waals surface area (Å²) < 4.78 is 16.7. The molecule has 0 saturated heterocycles. The first kappa shape index (κ1) is 25.0. The highest BCUT2D eigenvalue weighted by Crippen LogP contribution is 2.25. The molecular formula is C29H32O5. The minimum atomic E-state index is -0.759. The first-order valence-corrected chi connectivity index (χ1v) is 11.6. The minimum absolute atomic E-state index is 0.0261. The molecule has 0 aliphatic carbocycles. The molecule has 3 aromatic carbocycles. The second-order valence-corrected chi connectivity index (χ2v) is 8.61. The van der Waals surface area contributed by atoms with Crippen LogP contribution in [0.15, 0.2) is 78.9 Å². The van der Waals surface area contributed by atoms with Gasteiger partial charge in [-0.1, -0.05) is 73.7 Å². The smallest absolute Gasteiger partial charge is 0.307 e. The van der Waals surface area contributed by atoms with E-state index in [9.17, 15) is 9.59 Å². The van der Waals surface area contributed by atoms with E-state index >= 15 is 0 Å². The molecule has 0 fully saturated rings. The summed E-state index contributed by atoms with van der Waals surface area (Å²) in [5.74, 6) is -0.125. The molecule has 0 aromatic heterocycles. The molecular weight excluding hydrogens is 428 g/mol. The molecule has 3 rings (SSSR count). The molecule has 0 radical (unpaired) electrons. The molecule has 0 N–H and O–H groups in total. The molecule has 0 heterocycles. The van der Waals surface area contributed by atoms with Gasteiger partial charge >= 0.3 is 11.9 Å². The van der Waals surface area contributed by atoms with Crippen molar-refractivity contribution in [1.82, 2.24) is 0 Å². The van der Waals surface area contributed by atoms with Crippen molar-refractivity contribution in [2.24, 2.45) is 0 Å². The SMILES string of the molecule is CCc1ccc(COc2ccc(COC(=O)CCC(=O)OC(C)(C)c3ccccc3)cc2)cc1. The summed E-state index contributed by atoms with van der Waals surface area (Å²) in [5, 5.41) is 0. The zero-order valence-electron chi connectivity index (χ0n) is 20.1. The minimum Gasteiger partial charge on any atom is -0.489 e. The summed E-state index contributed by atoms with van der Waals surface area (Å²) in [6, 6.07) is 25.3. The van der Waals surface area contributed by atoms with Crippen LogP contribution in [0.3, 0.4) is 0 Å². The zero-order valence-corrected chi connectivity index (χ0v) is 20.1. The number of carbonyl (C=O) groups is 2. The fourth-order valence-electron chi connectivity index (χ4n) is 3.39. The molecule has 34 heavy (non-hydrogen) atoms. The average Bonchev–Trinajstić information content (AvgIpc) is 2.86. The average molecular weight is 461 g/mol. The number of carbonyl (C=O) groups excluding carboxylic acids is 2. The molecule has 0 amide bonds. The fourth-order valence-corrected chi connectivity index (χ4v) is 3.39. The van der Waals surface area contributed by atoms with Crippen molar-refractivity contribution >= 4 is 11.9 Å². The van der Waals surface area contributed by atoms with Crippen LogP contribution in [0.5, 0.6) is 5.75 Å². The maximum atomic E-state index is 12.2. The van der Waals surface area contributed by atoms with Crippen LogP contribution in [0, 0.1) is 0 Å². The van der Waals surface area contributed by atoms with Gasteiger partial charge in [-0.2, -0.15) is 0 Å². The van der Waals surface area contributed by atoms with Gasteiger partial charge in [-0.05, 0) is 54.7 Å². The van der Waals surface area contributed by atoms with Crippen molar-refractivity contribution < 1.29 is 23.8 Å². The van der Waals surface area contributed by atoms with E-state index < -0.39 is 17.5 Å². The maximum Gasteiger partial charge on any atom is 0.307 e. The van der Waals surface area contributed by atoms with Crippen molar-refractivity contribution in [1.29, 1.82) is 0 Å². The summed E-state index contributed by atoms with van der Waals surface area (Å²) in [4.78, 5) is 24.3. The lowest BCUT2D eigenvalue weighted by atomic mass is 9.98. The van der Waals surface area contributed by atoms with Gasteiger partial charge in [-0.15, -0.1) is 0 Å². The number of rotatable bonds is 11. The molecule has 3 aromatic rings. The second kappa shape index (κ2) is 12.0. The van der Waals surface area contributed by atoms with Crippen LogP contribution in [0.4, 0.5) is 0 Å². The first-order chi connectivity index (χ1) is 16.4. The maximum absolute atomic E-state index is 12.2. The molecule has 178 valence electrons. The predicted molar refractivity (Wildman–Crippen MR) is 131 cm³/mol. The Morgan fingerprint density at radius 2 is 1.26 bits per heavy atom. The van der Waals surface area contributed by atoms with E-state index in [-0.39, 0.29) is 19.4 Å². The summed E-state index contributed by atoms with van der Waals surface area (Å²) in [6.45, 7) is 6.42. The molecule has 0 aliphatic rings. The number of hydrogen-bond acceptors (Lipinski definition) is 5. The van der Waals surface area contributed by atoms with Gasteiger partial charge in [-0.25, -0.2) is 0 Å². The van der Waals surface area contributed by atoms with E-state index in [2.05, 4.69) is 31.2 Å². The van der Waals surface area contributed by atoms with Crippen LogP contribution in [0.25, 0.3) is 0 Å². The van der Waals surface area contributed by atoms with Gasteiger partial charge in [0.2, 0.25) is 0 Å². The van der Waals surface area contributed by atoms with E-state index in [0.717, 1.165) is 28.9 Å². The van der Waals surface area contributed by atoms with E-state index in [1.54, 1.807) is 0 Å². The summed E-state index contributed by atoms with van der Waals surface area (Å²) in [7, 11) is 0. The van der Waals surface area contributed by atoms with Gasteiger partial charge in [0.05, 0.1) is 12.8 Å².